The third-order valence-corrected chi connectivity index (χ3v) is 4.22. The number of rotatable bonds is 4. The van der Waals surface area contributed by atoms with Crippen LogP contribution in [0, 0.1) is 19.7 Å². The van der Waals surface area contributed by atoms with Gasteiger partial charge in [-0.3, -0.25) is 0 Å². The van der Waals surface area contributed by atoms with Gasteiger partial charge in [-0.2, -0.15) is 0 Å². The number of ether oxygens (including phenoxy) is 1. The lowest BCUT2D eigenvalue weighted by atomic mass is 9.94. The Kier molecular flexibility index (Phi) is 4.44. The Labute approximate surface area is 131 Å². The fourth-order valence-corrected chi connectivity index (χ4v) is 3.18. The molecule has 2 aromatic rings. The van der Waals surface area contributed by atoms with Gasteiger partial charge in [-0.05, 0) is 61.7 Å². The van der Waals surface area contributed by atoms with Crippen molar-refractivity contribution in [3.8, 4) is 5.75 Å². The van der Waals surface area contributed by atoms with E-state index in [4.69, 9.17) is 4.74 Å². The zero-order chi connectivity index (χ0) is 15.5. The molecule has 3 rings (SSSR count). The van der Waals surface area contributed by atoms with Gasteiger partial charge in [0.1, 0.15) is 11.6 Å². The molecule has 2 nitrogen and oxygen atoms in total. The molecule has 1 aliphatic heterocycles. The summed E-state index contributed by atoms with van der Waals surface area (Å²) in [4.78, 5) is 0. The third kappa shape index (κ3) is 3.30. The molecular weight excluding hydrogens is 277 g/mol. The van der Waals surface area contributed by atoms with Crippen molar-refractivity contribution in [1.82, 2.24) is 5.32 Å². The second kappa shape index (κ2) is 6.49. The van der Waals surface area contributed by atoms with Gasteiger partial charge in [0.2, 0.25) is 0 Å². The first-order valence-electron chi connectivity index (χ1n) is 7.85. The number of nitrogens with one attached hydrogen (secondary N) is 1. The van der Waals surface area contributed by atoms with Crippen molar-refractivity contribution in [3.63, 3.8) is 0 Å². The quantitative estimate of drug-likeness (QED) is 0.918. The fourth-order valence-electron chi connectivity index (χ4n) is 3.18. The van der Waals surface area contributed by atoms with E-state index in [-0.39, 0.29) is 5.82 Å². The Morgan fingerprint density at radius 2 is 1.95 bits per heavy atom. The van der Waals surface area contributed by atoms with Crippen molar-refractivity contribution in [1.29, 1.82) is 0 Å². The molecule has 0 fully saturated rings. The van der Waals surface area contributed by atoms with Crippen LogP contribution in [-0.2, 0) is 6.42 Å². The highest BCUT2D eigenvalue weighted by Gasteiger charge is 2.23. The van der Waals surface area contributed by atoms with Crippen LogP contribution in [-0.4, -0.2) is 13.2 Å². The van der Waals surface area contributed by atoms with Gasteiger partial charge in [0, 0.05) is 18.0 Å². The maximum atomic E-state index is 12.9. The van der Waals surface area contributed by atoms with Crippen LogP contribution in [0.3, 0.4) is 0 Å². The normalized spacial score (nSPS) is 17.0. The largest absolute Gasteiger partial charge is 0.493 e. The minimum atomic E-state index is -0.180. The number of halogens is 1. The van der Waals surface area contributed by atoms with Crippen LogP contribution in [0.25, 0.3) is 0 Å². The predicted molar refractivity (Wildman–Crippen MR) is 86.9 cm³/mol. The van der Waals surface area contributed by atoms with E-state index >= 15 is 0 Å². The van der Waals surface area contributed by atoms with Gasteiger partial charge >= 0.3 is 0 Å². The highest BCUT2D eigenvalue weighted by molar-refractivity contribution is 5.46. The summed E-state index contributed by atoms with van der Waals surface area (Å²) >= 11 is 0. The average molecular weight is 299 g/mol. The van der Waals surface area contributed by atoms with E-state index in [1.54, 1.807) is 0 Å². The molecule has 0 spiro atoms. The first-order valence-corrected chi connectivity index (χ1v) is 7.85. The topological polar surface area (TPSA) is 21.3 Å². The molecule has 0 radical (unpaired) electrons. The summed E-state index contributed by atoms with van der Waals surface area (Å²) in [5, 5.41) is 3.63. The standard InChI is InChI=1S/C19H22FNO/c1-13-11-14(2)19-17(8-10-22-18(19)12-13)21-9-7-15-3-5-16(20)6-4-15/h3-6,11-12,17,21H,7-10H2,1-2H3. The molecule has 1 aliphatic rings. The Morgan fingerprint density at radius 3 is 2.73 bits per heavy atom. The predicted octanol–water partition coefficient (Wildman–Crippen LogP) is 4.10. The Morgan fingerprint density at radius 1 is 1.18 bits per heavy atom. The molecule has 22 heavy (non-hydrogen) atoms. The Hall–Kier alpha value is -1.87. The number of hydrogen-bond donors (Lipinski definition) is 1. The summed E-state index contributed by atoms with van der Waals surface area (Å²) in [5.41, 5.74) is 4.97. The lowest BCUT2D eigenvalue weighted by Gasteiger charge is -2.29. The van der Waals surface area contributed by atoms with Gasteiger partial charge in [-0.25, -0.2) is 4.39 Å². The first-order chi connectivity index (χ1) is 10.6. The third-order valence-electron chi connectivity index (χ3n) is 4.22. The lowest BCUT2D eigenvalue weighted by molar-refractivity contribution is 0.252. The van der Waals surface area contributed by atoms with Crippen molar-refractivity contribution < 1.29 is 9.13 Å². The molecule has 0 bridgehead atoms. The Bertz CT molecular complexity index is 651. The van der Waals surface area contributed by atoms with Gasteiger partial charge in [0.25, 0.3) is 0 Å². The number of fused-ring (bicyclic) bond motifs is 1. The fraction of sp³-hybridized carbons (Fsp3) is 0.368. The molecule has 3 heteroatoms. The van der Waals surface area contributed by atoms with Crippen molar-refractivity contribution in [3.05, 3.63) is 64.5 Å². The molecule has 1 atom stereocenters. The van der Waals surface area contributed by atoms with Crippen molar-refractivity contribution in [2.45, 2.75) is 32.7 Å². The van der Waals surface area contributed by atoms with Crippen molar-refractivity contribution in [2.24, 2.45) is 0 Å². The molecule has 1 heterocycles. The van der Waals surface area contributed by atoms with Crippen LogP contribution >= 0.6 is 0 Å². The monoisotopic (exact) mass is 299 g/mol. The summed E-state index contributed by atoms with van der Waals surface area (Å²) in [7, 11) is 0. The van der Waals surface area contributed by atoms with E-state index in [0.29, 0.717) is 6.04 Å². The Balaban J connectivity index is 1.66. The van der Waals surface area contributed by atoms with Gasteiger partial charge in [-0.1, -0.05) is 18.2 Å². The molecule has 0 saturated heterocycles. The number of hydrogen-bond acceptors (Lipinski definition) is 2. The molecule has 0 aliphatic carbocycles. The van der Waals surface area contributed by atoms with Crippen LogP contribution in [0.15, 0.2) is 36.4 Å². The van der Waals surface area contributed by atoms with Crippen molar-refractivity contribution >= 4 is 0 Å². The van der Waals surface area contributed by atoms with Gasteiger partial charge in [0.05, 0.1) is 6.61 Å². The summed E-state index contributed by atoms with van der Waals surface area (Å²) in [6.07, 6.45) is 1.89. The highest BCUT2D eigenvalue weighted by atomic mass is 19.1. The van der Waals surface area contributed by atoms with Crippen LogP contribution in [0.1, 0.15) is 34.7 Å². The zero-order valence-corrected chi connectivity index (χ0v) is 13.2. The van der Waals surface area contributed by atoms with E-state index in [1.807, 2.05) is 12.1 Å². The van der Waals surface area contributed by atoms with E-state index in [2.05, 4.69) is 31.3 Å². The lowest BCUT2D eigenvalue weighted by Crippen LogP contribution is -2.29. The summed E-state index contributed by atoms with van der Waals surface area (Å²) in [5.74, 6) is 0.837. The number of aryl methyl sites for hydroxylation is 2. The summed E-state index contributed by atoms with van der Waals surface area (Å²) in [6.45, 7) is 5.88. The number of benzene rings is 2. The second-order valence-corrected chi connectivity index (χ2v) is 6.01. The SMILES string of the molecule is Cc1cc(C)c2c(c1)OCCC2NCCc1ccc(F)cc1. The van der Waals surface area contributed by atoms with Crippen LogP contribution in [0.5, 0.6) is 5.75 Å². The van der Waals surface area contributed by atoms with E-state index in [9.17, 15) is 4.39 Å². The smallest absolute Gasteiger partial charge is 0.124 e. The van der Waals surface area contributed by atoms with Crippen LogP contribution in [0.4, 0.5) is 4.39 Å². The maximum Gasteiger partial charge on any atom is 0.124 e. The van der Waals surface area contributed by atoms with E-state index in [0.717, 1.165) is 37.3 Å². The van der Waals surface area contributed by atoms with E-state index in [1.165, 1.54) is 28.8 Å². The van der Waals surface area contributed by atoms with E-state index < -0.39 is 0 Å². The van der Waals surface area contributed by atoms with Crippen molar-refractivity contribution in [2.75, 3.05) is 13.2 Å². The molecule has 1 unspecified atom stereocenters. The van der Waals surface area contributed by atoms with Gasteiger partial charge in [-0.15, -0.1) is 0 Å². The van der Waals surface area contributed by atoms with Gasteiger partial charge in [0.15, 0.2) is 0 Å². The van der Waals surface area contributed by atoms with Crippen LogP contribution < -0.4 is 10.1 Å². The second-order valence-electron chi connectivity index (χ2n) is 6.01. The molecule has 0 amide bonds. The van der Waals surface area contributed by atoms with Gasteiger partial charge < -0.3 is 10.1 Å². The van der Waals surface area contributed by atoms with Crippen LogP contribution in [0.2, 0.25) is 0 Å². The first kappa shape index (κ1) is 15.0. The zero-order valence-electron chi connectivity index (χ0n) is 13.2. The molecular formula is C19H22FNO. The minimum Gasteiger partial charge on any atom is -0.493 e. The maximum absolute atomic E-state index is 12.9. The average Bonchev–Trinajstić information content (AvgIpc) is 2.49. The molecule has 1 N–H and O–H groups in total. The highest BCUT2D eigenvalue weighted by Crippen LogP contribution is 2.35. The molecule has 116 valence electrons. The molecule has 2 aromatic carbocycles. The molecule has 0 saturated carbocycles. The summed E-state index contributed by atoms with van der Waals surface area (Å²) in [6, 6.07) is 11.4. The summed E-state index contributed by atoms with van der Waals surface area (Å²) < 4.78 is 18.7. The molecule has 0 aromatic heterocycles. The minimum absolute atomic E-state index is 0.180.